The molecule has 2 atom stereocenters. The molecule has 1 aromatic carbocycles. The van der Waals surface area contributed by atoms with Gasteiger partial charge < -0.3 is 5.11 Å². The molecule has 0 aliphatic rings. The van der Waals surface area contributed by atoms with Crippen LogP contribution in [0.1, 0.15) is 37.6 Å². The van der Waals surface area contributed by atoms with Crippen LogP contribution in [-0.2, 0) is 12.8 Å². The summed E-state index contributed by atoms with van der Waals surface area (Å²) in [6, 6.07) is 12.5. The Kier molecular flexibility index (Phi) is 4.74. The second kappa shape index (κ2) is 6.53. The molecule has 0 bridgehead atoms. The highest BCUT2D eigenvalue weighted by atomic mass is 16.3. The lowest BCUT2D eigenvalue weighted by atomic mass is 10.0. The second-order valence-electron chi connectivity index (χ2n) is 5.09. The van der Waals surface area contributed by atoms with Gasteiger partial charge in [-0.05, 0) is 31.4 Å². The van der Waals surface area contributed by atoms with Gasteiger partial charge in [0, 0.05) is 18.7 Å². The van der Waals surface area contributed by atoms with Crippen molar-refractivity contribution in [2.45, 2.75) is 45.3 Å². The van der Waals surface area contributed by atoms with Gasteiger partial charge in [0.1, 0.15) is 0 Å². The highest BCUT2D eigenvalue weighted by molar-refractivity contribution is 5.16. The SMILES string of the molecule is CCC(C)n1ccc(CC(O)Cc2ccccc2)n1. The molecule has 2 rings (SSSR count). The van der Waals surface area contributed by atoms with E-state index >= 15 is 0 Å². The van der Waals surface area contributed by atoms with Crippen molar-refractivity contribution in [2.24, 2.45) is 0 Å². The fourth-order valence-electron chi connectivity index (χ4n) is 2.12. The number of aliphatic hydroxyl groups is 1. The quantitative estimate of drug-likeness (QED) is 0.865. The van der Waals surface area contributed by atoms with E-state index in [4.69, 9.17) is 0 Å². The zero-order chi connectivity index (χ0) is 13.7. The molecule has 0 fully saturated rings. The van der Waals surface area contributed by atoms with E-state index < -0.39 is 0 Å². The number of hydrogen-bond acceptors (Lipinski definition) is 2. The lowest BCUT2D eigenvalue weighted by molar-refractivity contribution is 0.174. The third-order valence-electron chi connectivity index (χ3n) is 3.46. The van der Waals surface area contributed by atoms with Crippen molar-refractivity contribution < 1.29 is 5.11 Å². The Labute approximate surface area is 114 Å². The second-order valence-corrected chi connectivity index (χ2v) is 5.09. The van der Waals surface area contributed by atoms with Crippen molar-refractivity contribution in [3.8, 4) is 0 Å². The average Bonchev–Trinajstić information content (AvgIpc) is 2.87. The summed E-state index contributed by atoms with van der Waals surface area (Å²) in [6.45, 7) is 4.30. The molecule has 0 saturated heterocycles. The zero-order valence-electron chi connectivity index (χ0n) is 11.7. The van der Waals surface area contributed by atoms with Gasteiger partial charge in [-0.1, -0.05) is 37.3 Å². The minimum atomic E-state index is -0.373. The first-order valence-corrected chi connectivity index (χ1v) is 6.95. The summed E-state index contributed by atoms with van der Waals surface area (Å²) < 4.78 is 1.98. The molecular weight excluding hydrogens is 236 g/mol. The van der Waals surface area contributed by atoms with E-state index in [0.29, 0.717) is 18.9 Å². The first-order chi connectivity index (χ1) is 9.19. The highest BCUT2D eigenvalue weighted by Crippen LogP contribution is 2.12. The number of rotatable bonds is 6. The molecule has 1 heterocycles. The molecule has 0 amide bonds. The Balaban J connectivity index is 1.92. The Hall–Kier alpha value is -1.61. The van der Waals surface area contributed by atoms with Crippen molar-refractivity contribution in [1.29, 1.82) is 0 Å². The molecule has 3 heteroatoms. The molecule has 19 heavy (non-hydrogen) atoms. The topological polar surface area (TPSA) is 38.0 Å². The van der Waals surface area contributed by atoms with Gasteiger partial charge in [-0.15, -0.1) is 0 Å². The predicted octanol–water partition coefficient (Wildman–Crippen LogP) is 3.00. The van der Waals surface area contributed by atoms with Gasteiger partial charge >= 0.3 is 0 Å². The Bertz CT molecular complexity index is 492. The minimum Gasteiger partial charge on any atom is -0.392 e. The molecular formula is C16H22N2O. The van der Waals surface area contributed by atoms with E-state index in [0.717, 1.165) is 17.7 Å². The van der Waals surface area contributed by atoms with Gasteiger partial charge in [0.25, 0.3) is 0 Å². The van der Waals surface area contributed by atoms with Crippen LogP contribution in [0.5, 0.6) is 0 Å². The maximum absolute atomic E-state index is 10.1. The third-order valence-corrected chi connectivity index (χ3v) is 3.46. The van der Waals surface area contributed by atoms with E-state index in [2.05, 4.69) is 18.9 Å². The Morgan fingerprint density at radius 2 is 1.89 bits per heavy atom. The summed E-state index contributed by atoms with van der Waals surface area (Å²) in [5.41, 5.74) is 2.13. The minimum absolute atomic E-state index is 0.373. The normalized spacial score (nSPS) is 14.3. The van der Waals surface area contributed by atoms with Crippen LogP contribution in [0.2, 0.25) is 0 Å². The summed E-state index contributed by atoms with van der Waals surface area (Å²) in [5, 5.41) is 14.6. The molecule has 0 spiro atoms. The predicted molar refractivity (Wildman–Crippen MR) is 77.1 cm³/mol. The van der Waals surface area contributed by atoms with Crippen LogP contribution >= 0.6 is 0 Å². The van der Waals surface area contributed by atoms with Crippen molar-refractivity contribution in [2.75, 3.05) is 0 Å². The van der Waals surface area contributed by atoms with Gasteiger partial charge in [0.15, 0.2) is 0 Å². The van der Waals surface area contributed by atoms with Crippen LogP contribution in [0.4, 0.5) is 0 Å². The first-order valence-electron chi connectivity index (χ1n) is 6.95. The number of aliphatic hydroxyl groups excluding tert-OH is 1. The van der Waals surface area contributed by atoms with Gasteiger partial charge in [0.2, 0.25) is 0 Å². The van der Waals surface area contributed by atoms with Crippen LogP contribution < -0.4 is 0 Å². The summed E-state index contributed by atoms with van der Waals surface area (Å²) in [6.07, 6.45) is 3.98. The summed E-state index contributed by atoms with van der Waals surface area (Å²) >= 11 is 0. The van der Waals surface area contributed by atoms with Crippen LogP contribution in [0, 0.1) is 0 Å². The summed E-state index contributed by atoms with van der Waals surface area (Å²) in [4.78, 5) is 0. The maximum atomic E-state index is 10.1. The molecule has 1 aromatic heterocycles. The summed E-state index contributed by atoms with van der Waals surface area (Å²) in [7, 11) is 0. The third kappa shape index (κ3) is 3.93. The number of hydrogen-bond donors (Lipinski definition) is 1. The van der Waals surface area contributed by atoms with E-state index in [1.165, 1.54) is 0 Å². The van der Waals surface area contributed by atoms with Crippen molar-refractivity contribution in [3.05, 3.63) is 53.9 Å². The van der Waals surface area contributed by atoms with Gasteiger partial charge in [-0.2, -0.15) is 5.10 Å². The summed E-state index contributed by atoms with van der Waals surface area (Å²) in [5.74, 6) is 0. The lowest BCUT2D eigenvalue weighted by Crippen LogP contribution is -2.15. The smallest absolute Gasteiger partial charge is 0.0650 e. The van der Waals surface area contributed by atoms with Crippen LogP contribution in [-0.4, -0.2) is 21.0 Å². The van der Waals surface area contributed by atoms with E-state index in [-0.39, 0.29) is 6.10 Å². The fourth-order valence-corrected chi connectivity index (χ4v) is 2.12. The fraction of sp³-hybridized carbons (Fsp3) is 0.438. The van der Waals surface area contributed by atoms with E-state index in [1.807, 2.05) is 47.3 Å². The van der Waals surface area contributed by atoms with Gasteiger partial charge in [-0.25, -0.2) is 0 Å². The monoisotopic (exact) mass is 258 g/mol. The first kappa shape index (κ1) is 13.8. The molecule has 0 aliphatic heterocycles. The van der Waals surface area contributed by atoms with Crippen LogP contribution in [0.3, 0.4) is 0 Å². The number of nitrogens with zero attached hydrogens (tertiary/aromatic N) is 2. The average molecular weight is 258 g/mol. The highest BCUT2D eigenvalue weighted by Gasteiger charge is 2.10. The molecule has 0 saturated carbocycles. The van der Waals surface area contributed by atoms with Crippen molar-refractivity contribution in [3.63, 3.8) is 0 Å². The lowest BCUT2D eigenvalue weighted by Gasteiger charge is -2.10. The standard InChI is InChI=1S/C16H22N2O/c1-3-13(2)18-10-9-15(17-18)12-16(19)11-14-7-5-4-6-8-14/h4-10,13,16,19H,3,11-12H2,1-2H3. The molecule has 0 aliphatic carbocycles. The molecule has 2 unspecified atom stereocenters. The largest absolute Gasteiger partial charge is 0.392 e. The van der Waals surface area contributed by atoms with Gasteiger partial charge in [-0.3, -0.25) is 4.68 Å². The molecule has 3 nitrogen and oxygen atoms in total. The molecule has 102 valence electrons. The molecule has 0 radical (unpaired) electrons. The zero-order valence-corrected chi connectivity index (χ0v) is 11.7. The van der Waals surface area contributed by atoms with E-state index in [1.54, 1.807) is 0 Å². The van der Waals surface area contributed by atoms with E-state index in [9.17, 15) is 5.11 Å². The molecule has 1 N–H and O–H groups in total. The van der Waals surface area contributed by atoms with Crippen molar-refractivity contribution in [1.82, 2.24) is 9.78 Å². The maximum Gasteiger partial charge on any atom is 0.0650 e. The number of aromatic nitrogens is 2. The Morgan fingerprint density at radius 1 is 1.16 bits per heavy atom. The number of benzene rings is 1. The van der Waals surface area contributed by atoms with Crippen LogP contribution in [0.15, 0.2) is 42.6 Å². The van der Waals surface area contributed by atoms with Crippen molar-refractivity contribution >= 4 is 0 Å². The van der Waals surface area contributed by atoms with Crippen LogP contribution in [0.25, 0.3) is 0 Å². The Morgan fingerprint density at radius 3 is 2.58 bits per heavy atom. The molecule has 2 aromatic rings. The van der Waals surface area contributed by atoms with Gasteiger partial charge in [0.05, 0.1) is 11.8 Å².